The standard InChI is InChI=1S/C28H32FN7O2/c1-19-5-4-8-35(12-19)13-20-9-23(26-32-24(29)15-36(26)14-20)27(37)31-22-7-3-6-21(10-22)28(16-38-17-28)11-25-33-30-18-34(25)2/h3,6-7,9-10,14-15,18-19H,4-5,8,11-13,16-17H2,1-2H3,(H,31,37)/t19-/m0/s1. The van der Waals surface area contributed by atoms with Gasteiger partial charge in [0.05, 0.1) is 25.0 Å². The van der Waals surface area contributed by atoms with Crippen LogP contribution in [-0.4, -0.2) is 61.3 Å². The van der Waals surface area contributed by atoms with Crippen molar-refractivity contribution >= 4 is 17.2 Å². The summed E-state index contributed by atoms with van der Waals surface area (Å²) in [6, 6.07) is 9.67. The maximum atomic E-state index is 14.1. The lowest BCUT2D eigenvalue weighted by Crippen LogP contribution is -2.49. The molecule has 1 N–H and O–H groups in total. The van der Waals surface area contributed by atoms with Gasteiger partial charge in [-0.2, -0.15) is 9.37 Å². The fraction of sp³-hybridized carbons (Fsp3) is 0.429. The van der Waals surface area contributed by atoms with Gasteiger partial charge >= 0.3 is 0 Å². The number of rotatable bonds is 7. The Balaban J connectivity index is 1.26. The molecule has 2 saturated heterocycles. The molecule has 0 spiro atoms. The zero-order valence-electron chi connectivity index (χ0n) is 21.7. The van der Waals surface area contributed by atoms with Crippen LogP contribution in [0.2, 0.25) is 0 Å². The molecule has 0 radical (unpaired) electrons. The molecule has 198 valence electrons. The minimum atomic E-state index is -0.611. The lowest BCUT2D eigenvalue weighted by molar-refractivity contribution is -0.0610. The average molecular weight is 518 g/mol. The molecular formula is C28H32FN7O2. The number of nitrogens with zero attached hydrogens (tertiary/aromatic N) is 6. The molecule has 5 heterocycles. The third kappa shape index (κ3) is 4.81. The number of ether oxygens (including phenoxy) is 1. The largest absolute Gasteiger partial charge is 0.379 e. The van der Waals surface area contributed by atoms with Crippen molar-refractivity contribution in [3.05, 3.63) is 77.5 Å². The van der Waals surface area contributed by atoms with Gasteiger partial charge in [0, 0.05) is 43.9 Å². The molecule has 0 unspecified atom stereocenters. The number of piperidine rings is 1. The molecule has 1 amide bonds. The summed E-state index contributed by atoms with van der Waals surface area (Å²) in [5, 5.41) is 11.3. The molecule has 9 nitrogen and oxygen atoms in total. The number of likely N-dealkylation sites (tertiary alicyclic amines) is 1. The predicted molar refractivity (Wildman–Crippen MR) is 140 cm³/mol. The van der Waals surface area contributed by atoms with Crippen molar-refractivity contribution < 1.29 is 13.9 Å². The molecule has 0 saturated carbocycles. The van der Waals surface area contributed by atoms with Gasteiger partial charge in [-0.15, -0.1) is 10.2 Å². The number of benzene rings is 1. The Morgan fingerprint density at radius 2 is 2.13 bits per heavy atom. The van der Waals surface area contributed by atoms with Gasteiger partial charge in [0.25, 0.3) is 5.91 Å². The average Bonchev–Trinajstić information content (AvgIpc) is 3.44. The second-order valence-corrected chi connectivity index (χ2v) is 10.9. The van der Waals surface area contributed by atoms with Gasteiger partial charge in [-0.1, -0.05) is 19.1 Å². The number of hydrogen-bond donors (Lipinski definition) is 1. The maximum absolute atomic E-state index is 14.1. The number of fused-ring (bicyclic) bond motifs is 1. The van der Waals surface area contributed by atoms with Crippen LogP contribution >= 0.6 is 0 Å². The van der Waals surface area contributed by atoms with Crippen LogP contribution in [0.4, 0.5) is 10.1 Å². The van der Waals surface area contributed by atoms with E-state index in [-0.39, 0.29) is 11.3 Å². The zero-order chi connectivity index (χ0) is 26.3. The van der Waals surface area contributed by atoms with Crippen molar-refractivity contribution in [1.29, 1.82) is 0 Å². The predicted octanol–water partition coefficient (Wildman–Crippen LogP) is 3.60. The van der Waals surface area contributed by atoms with E-state index >= 15 is 0 Å². The lowest BCUT2D eigenvalue weighted by atomic mass is 9.75. The smallest absolute Gasteiger partial charge is 0.259 e. The summed E-state index contributed by atoms with van der Waals surface area (Å²) in [6.07, 6.45) is 7.97. The van der Waals surface area contributed by atoms with E-state index in [1.54, 1.807) is 10.7 Å². The number of anilines is 1. The fourth-order valence-corrected chi connectivity index (χ4v) is 5.68. The normalized spacial score (nSPS) is 19.4. The van der Waals surface area contributed by atoms with Crippen LogP contribution in [-0.2, 0) is 30.2 Å². The number of halogens is 1. The highest BCUT2D eigenvalue weighted by Crippen LogP contribution is 2.36. The van der Waals surface area contributed by atoms with Crippen molar-refractivity contribution in [2.75, 3.05) is 31.6 Å². The van der Waals surface area contributed by atoms with Gasteiger partial charge in [-0.3, -0.25) is 9.69 Å². The minimum absolute atomic E-state index is 0.230. The van der Waals surface area contributed by atoms with Crippen molar-refractivity contribution in [2.45, 2.75) is 38.1 Å². The summed E-state index contributed by atoms with van der Waals surface area (Å²) in [4.78, 5) is 19.9. The van der Waals surface area contributed by atoms with Crippen LogP contribution in [0, 0.1) is 11.9 Å². The van der Waals surface area contributed by atoms with Crippen LogP contribution in [0.25, 0.3) is 5.65 Å². The van der Waals surface area contributed by atoms with Gasteiger partial charge in [-0.25, -0.2) is 0 Å². The van der Waals surface area contributed by atoms with Crippen LogP contribution in [0.1, 0.15) is 47.1 Å². The van der Waals surface area contributed by atoms with Gasteiger partial charge < -0.3 is 19.0 Å². The van der Waals surface area contributed by atoms with Gasteiger partial charge in [-0.05, 0) is 54.6 Å². The lowest BCUT2D eigenvalue weighted by Gasteiger charge is -2.41. The van der Waals surface area contributed by atoms with E-state index in [4.69, 9.17) is 4.74 Å². The summed E-state index contributed by atoms with van der Waals surface area (Å²) in [5.74, 6) is 0.594. The fourth-order valence-electron chi connectivity index (χ4n) is 5.68. The number of aromatic nitrogens is 5. The summed E-state index contributed by atoms with van der Waals surface area (Å²) < 4.78 is 23.3. The third-order valence-corrected chi connectivity index (χ3v) is 7.76. The number of hydrogen-bond acceptors (Lipinski definition) is 6. The van der Waals surface area contributed by atoms with E-state index in [2.05, 4.69) is 38.4 Å². The molecule has 4 aromatic rings. The number of aryl methyl sites for hydroxylation is 1. The first-order valence-electron chi connectivity index (χ1n) is 13.1. The third-order valence-electron chi connectivity index (χ3n) is 7.76. The second-order valence-electron chi connectivity index (χ2n) is 10.9. The minimum Gasteiger partial charge on any atom is -0.379 e. The monoisotopic (exact) mass is 517 g/mol. The van der Waals surface area contributed by atoms with Crippen molar-refractivity contribution in [3.63, 3.8) is 0 Å². The Morgan fingerprint density at radius 1 is 1.26 bits per heavy atom. The maximum Gasteiger partial charge on any atom is 0.259 e. The zero-order valence-corrected chi connectivity index (χ0v) is 21.7. The highest BCUT2D eigenvalue weighted by Gasteiger charge is 2.41. The molecule has 6 rings (SSSR count). The van der Waals surface area contributed by atoms with Crippen LogP contribution < -0.4 is 5.32 Å². The van der Waals surface area contributed by atoms with Gasteiger partial charge in [0.1, 0.15) is 12.2 Å². The van der Waals surface area contributed by atoms with Gasteiger partial charge in [0.15, 0.2) is 5.65 Å². The summed E-state index contributed by atoms with van der Waals surface area (Å²) in [7, 11) is 1.93. The number of carbonyl (C=O) groups is 1. The Bertz CT molecular complexity index is 1480. The van der Waals surface area contributed by atoms with Crippen LogP contribution in [0.5, 0.6) is 0 Å². The van der Waals surface area contributed by atoms with Crippen molar-refractivity contribution in [2.24, 2.45) is 13.0 Å². The molecule has 2 fully saturated rings. The molecule has 1 atom stereocenters. The molecule has 0 bridgehead atoms. The van der Waals surface area contributed by atoms with E-state index < -0.39 is 5.95 Å². The molecule has 3 aromatic heterocycles. The Hall–Kier alpha value is -3.63. The van der Waals surface area contributed by atoms with E-state index in [9.17, 15) is 9.18 Å². The topological polar surface area (TPSA) is 89.6 Å². The van der Waals surface area contributed by atoms with Crippen molar-refractivity contribution in [1.82, 2.24) is 29.0 Å². The number of imidazole rings is 1. The first-order valence-corrected chi connectivity index (χ1v) is 13.1. The first-order chi connectivity index (χ1) is 18.4. The molecule has 2 aliphatic rings. The second kappa shape index (κ2) is 9.92. The van der Waals surface area contributed by atoms with E-state index in [0.29, 0.717) is 49.0 Å². The summed E-state index contributed by atoms with van der Waals surface area (Å²) in [5.41, 5.74) is 3.11. The van der Waals surface area contributed by atoms with Crippen molar-refractivity contribution in [3.8, 4) is 0 Å². The Morgan fingerprint density at radius 3 is 2.87 bits per heavy atom. The molecule has 38 heavy (non-hydrogen) atoms. The number of carbonyl (C=O) groups excluding carboxylic acids is 1. The number of pyridine rings is 1. The molecule has 10 heteroatoms. The Labute approximate surface area is 220 Å². The van der Waals surface area contributed by atoms with E-state index in [1.165, 1.54) is 12.6 Å². The van der Waals surface area contributed by atoms with Crippen LogP contribution in [0.3, 0.4) is 0 Å². The molecule has 0 aliphatic carbocycles. The quantitative estimate of drug-likeness (QED) is 0.403. The Kier molecular flexibility index (Phi) is 6.45. The molecule has 1 aromatic carbocycles. The first kappa shape index (κ1) is 24.7. The summed E-state index contributed by atoms with van der Waals surface area (Å²) in [6.45, 7) is 6.16. The van der Waals surface area contributed by atoms with Gasteiger partial charge in [0.2, 0.25) is 5.95 Å². The van der Waals surface area contributed by atoms with E-state index in [1.807, 2.05) is 42.1 Å². The SMILES string of the molecule is C[C@H]1CCCN(Cc2cc(C(=O)Nc3cccc(C4(Cc5nncn5C)COC4)c3)c3nc(F)cn3c2)C1. The van der Waals surface area contributed by atoms with Crippen LogP contribution in [0.15, 0.2) is 49.1 Å². The number of nitrogens with one attached hydrogen (secondary N) is 1. The highest BCUT2D eigenvalue weighted by atomic mass is 19.1. The number of amides is 1. The highest BCUT2D eigenvalue weighted by molar-refractivity contribution is 6.08. The molecule has 2 aliphatic heterocycles. The van der Waals surface area contributed by atoms with E-state index in [0.717, 1.165) is 36.5 Å². The molecular weight excluding hydrogens is 485 g/mol. The summed E-state index contributed by atoms with van der Waals surface area (Å²) >= 11 is 0.